The summed E-state index contributed by atoms with van der Waals surface area (Å²) in [5, 5.41) is 8.74. The zero-order chi connectivity index (χ0) is 14.1. The Labute approximate surface area is 110 Å². The zero-order valence-corrected chi connectivity index (χ0v) is 12.1. The molecule has 1 amide bonds. The van der Waals surface area contributed by atoms with Crippen LogP contribution in [0.4, 0.5) is 0 Å². The fourth-order valence-electron chi connectivity index (χ4n) is 1.87. The molecule has 0 unspecified atom stereocenters. The molecule has 0 saturated heterocycles. The van der Waals surface area contributed by atoms with Crippen LogP contribution in [-0.4, -0.2) is 35.0 Å². The summed E-state index contributed by atoms with van der Waals surface area (Å²) in [6.07, 6.45) is 2.59. The number of carbonyl (C=O) groups excluding carboxylic acids is 1. The van der Waals surface area contributed by atoms with Gasteiger partial charge in [-0.25, -0.2) is 0 Å². The van der Waals surface area contributed by atoms with Crippen molar-refractivity contribution in [3.63, 3.8) is 0 Å². The third-order valence-corrected chi connectivity index (χ3v) is 3.22. The molecule has 0 heterocycles. The lowest BCUT2D eigenvalue weighted by Crippen LogP contribution is -2.38. The van der Waals surface area contributed by atoms with Crippen LogP contribution in [0.25, 0.3) is 0 Å². The van der Waals surface area contributed by atoms with E-state index < -0.39 is 5.97 Å². The molecule has 4 nitrogen and oxygen atoms in total. The Morgan fingerprint density at radius 2 is 1.67 bits per heavy atom. The van der Waals surface area contributed by atoms with Crippen molar-refractivity contribution in [1.29, 1.82) is 0 Å². The van der Waals surface area contributed by atoms with Crippen LogP contribution in [0.2, 0.25) is 0 Å². The van der Waals surface area contributed by atoms with Crippen molar-refractivity contribution < 1.29 is 14.7 Å². The Morgan fingerprint density at radius 3 is 2.06 bits per heavy atom. The van der Waals surface area contributed by atoms with Crippen molar-refractivity contribution >= 4 is 11.9 Å². The van der Waals surface area contributed by atoms with Gasteiger partial charge in [0.15, 0.2) is 0 Å². The summed E-state index contributed by atoms with van der Waals surface area (Å²) in [6, 6.07) is 0. The van der Waals surface area contributed by atoms with Gasteiger partial charge < -0.3 is 10.0 Å². The van der Waals surface area contributed by atoms with Gasteiger partial charge in [-0.05, 0) is 25.2 Å². The molecule has 0 aliphatic carbocycles. The second-order valence-electron chi connectivity index (χ2n) is 5.16. The molecule has 0 atom stereocenters. The first-order valence-electron chi connectivity index (χ1n) is 6.92. The van der Waals surface area contributed by atoms with E-state index in [0.717, 1.165) is 19.3 Å². The third-order valence-electron chi connectivity index (χ3n) is 3.22. The van der Waals surface area contributed by atoms with Crippen LogP contribution < -0.4 is 0 Å². The minimum atomic E-state index is -0.845. The molecule has 0 bridgehead atoms. The molecular formula is C14H27NO3. The number of nitrogens with zero attached hydrogens (tertiary/aromatic N) is 1. The smallest absolute Gasteiger partial charge is 0.305 e. The van der Waals surface area contributed by atoms with Gasteiger partial charge in [0.25, 0.3) is 0 Å². The number of rotatable bonds is 9. The first kappa shape index (κ1) is 16.9. The summed E-state index contributed by atoms with van der Waals surface area (Å²) in [7, 11) is 0. The lowest BCUT2D eigenvalue weighted by Gasteiger charge is -2.26. The molecule has 0 aliphatic heterocycles. The predicted octanol–water partition coefficient (Wildman–Crippen LogP) is 2.77. The second-order valence-corrected chi connectivity index (χ2v) is 5.16. The number of hydrogen-bond acceptors (Lipinski definition) is 2. The second kappa shape index (κ2) is 8.95. The predicted molar refractivity (Wildman–Crippen MR) is 72.4 cm³/mol. The minimum absolute atomic E-state index is 0.0317. The molecule has 0 aromatic carbocycles. The van der Waals surface area contributed by atoms with Crippen molar-refractivity contribution in [2.24, 2.45) is 11.8 Å². The average Bonchev–Trinajstić information content (AvgIpc) is 2.29. The normalized spacial score (nSPS) is 11.0. The molecule has 0 radical (unpaired) electrons. The van der Waals surface area contributed by atoms with Gasteiger partial charge in [0, 0.05) is 19.0 Å². The SMILES string of the molecule is CCC(CC)C(=O)N(CCC(=O)O)CCC(C)C. The summed E-state index contributed by atoms with van der Waals surface area (Å²) >= 11 is 0. The molecule has 0 saturated carbocycles. The highest BCUT2D eigenvalue weighted by atomic mass is 16.4. The van der Waals surface area contributed by atoms with Crippen molar-refractivity contribution in [3.8, 4) is 0 Å². The summed E-state index contributed by atoms with van der Waals surface area (Å²) in [5.41, 5.74) is 0. The van der Waals surface area contributed by atoms with E-state index >= 15 is 0 Å². The van der Waals surface area contributed by atoms with Gasteiger partial charge in [0.1, 0.15) is 0 Å². The number of amides is 1. The quantitative estimate of drug-likeness (QED) is 0.691. The summed E-state index contributed by atoms with van der Waals surface area (Å²) < 4.78 is 0. The van der Waals surface area contributed by atoms with Crippen LogP contribution in [0, 0.1) is 11.8 Å². The number of aliphatic carboxylic acids is 1. The number of hydrogen-bond donors (Lipinski definition) is 1. The Kier molecular flexibility index (Phi) is 8.42. The summed E-state index contributed by atoms with van der Waals surface area (Å²) in [5.74, 6) is -0.179. The maximum atomic E-state index is 12.3. The van der Waals surface area contributed by atoms with Gasteiger partial charge in [-0.15, -0.1) is 0 Å². The highest BCUT2D eigenvalue weighted by Crippen LogP contribution is 2.14. The monoisotopic (exact) mass is 257 g/mol. The van der Waals surface area contributed by atoms with Gasteiger partial charge in [-0.2, -0.15) is 0 Å². The minimum Gasteiger partial charge on any atom is -0.481 e. The summed E-state index contributed by atoms with van der Waals surface area (Å²) in [6.45, 7) is 9.22. The van der Waals surface area contributed by atoms with E-state index in [1.807, 2.05) is 13.8 Å². The maximum absolute atomic E-state index is 12.3. The van der Waals surface area contributed by atoms with Crippen molar-refractivity contribution in [2.45, 2.75) is 53.4 Å². The van der Waals surface area contributed by atoms with Crippen molar-refractivity contribution in [1.82, 2.24) is 4.90 Å². The molecule has 0 aromatic rings. The van der Waals surface area contributed by atoms with Gasteiger partial charge >= 0.3 is 5.97 Å². The van der Waals surface area contributed by atoms with Crippen LogP contribution in [0.3, 0.4) is 0 Å². The van der Waals surface area contributed by atoms with Crippen LogP contribution >= 0.6 is 0 Å². The van der Waals surface area contributed by atoms with Crippen LogP contribution in [-0.2, 0) is 9.59 Å². The van der Waals surface area contributed by atoms with Gasteiger partial charge in [-0.1, -0.05) is 27.7 Å². The zero-order valence-electron chi connectivity index (χ0n) is 12.1. The van der Waals surface area contributed by atoms with Crippen LogP contribution in [0.5, 0.6) is 0 Å². The highest BCUT2D eigenvalue weighted by molar-refractivity contribution is 5.79. The van der Waals surface area contributed by atoms with Crippen molar-refractivity contribution in [3.05, 3.63) is 0 Å². The molecule has 0 aliphatic rings. The first-order valence-corrected chi connectivity index (χ1v) is 6.92. The third kappa shape index (κ3) is 6.62. The number of carboxylic acid groups (broad SMARTS) is 1. The largest absolute Gasteiger partial charge is 0.481 e. The van der Waals surface area contributed by atoms with E-state index in [1.54, 1.807) is 4.90 Å². The molecule has 0 spiro atoms. The molecule has 18 heavy (non-hydrogen) atoms. The molecular weight excluding hydrogens is 230 g/mol. The molecule has 4 heteroatoms. The summed E-state index contributed by atoms with van der Waals surface area (Å²) in [4.78, 5) is 24.6. The van der Waals surface area contributed by atoms with E-state index in [9.17, 15) is 9.59 Å². The lowest BCUT2D eigenvalue weighted by atomic mass is 10.0. The van der Waals surface area contributed by atoms with Crippen molar-refractivity contribution in [2.75, 3.05) is 13.1 Å². The van der Waals surface area contributed by atoms with Gasteiger partial charge in [0.05, 0.1) is 6.42 Å². The van der Waals surface area contributed by atoms with Gasteiger partial charge in [-0.3, -0.25) is 9.59 Å². The molecule has 0 aromatic heterocycles. The Morgan fingerprint density at radius 1 is 1.11 bits per heavy atom. The standard InChI is InChI=1S/C14H27NO3/c1-5-12(6-2)14(18)15(9-7-11(3)4)10-8-13(16)17/h11-12H,5-10H2,1-4H3,(H,16,17). The Hall–Kier alpha value is -1.06. The van der Waals surface area contributed by atoms with E-state index in [4.69, 9.17) is 5.11 Å². The average molecular weight is 257 g/mol. The van der Waals surface area contributed by atoms with E-state index in [2.05, 4.69) is 13.8 Å². The first-order chi connectivity index (χ1) is 8.42. The maximum Gasteiger partial charge on any atom is 0.305 e. The topological polar surface area (TPSA) is 57.6 Å². The van der Waals surface area contributed by atoms with E-state index in [1.165, 1.54) is 0 Å². The molecule has 1 N–H and O–H groups in total. The fourth-order valence-corrected chi connectivity index (χ4v) is 1.87. The van der Waals surface area contributed by atoms with Crippen LogP contribution in [0.15, 0.2) is 0 Å². The lowest BCUT2D eigenvalue weighted by molar-refractivity contribution is -0.140. The molecule has 0 fully saturated rings. The molecule has 106 valence electrons. The highest BCUT2D eigenvalue weighted by Gasteiger charge is 2.21. The number of carboxylic acids is 1. The Balaban J connectivity index is 4.51. The molecule has 0 rings (SSSR count). The fraction of sp³-hybridized carbons (Fsp3) is 0.857. The van der Waals surface area contributed by atoms with Gasteiger partial charge in [0.2, 0.25) is 5.91 Å². The number of carbonyl (C=O) groups is 2. The van der Waals surface area contributed by atoms with Crippen LogP contribution in [0.1, 0.15) is 53.4 Å². The Bertz CT molecular complexity index is 260. The van der Waals surface area contributed by atoms with E-state index in [-0.39, 0.29) is 18.2 Å². The van der Waals surface area contributed by atoms with E-state index in [0.29, 0.717) is 19.0 Å².